The molecule has 3 amide bonds. The quantitative estimate of drug-likeness (QED) is 0.395. The summed E-state index contributed by atoms with van der Waals surface area (Å²) in [6, 6.07) is 14.7. The van der Waals surface area contributed by atoms with Crippen molar-refractivity contribution in [1.29, 1.82) is 0 Å². The Hall–Kier alpha value is -3.66. The summed E-state index contributed by atoms with van der Waals surface area (Å²) in [5.41, 5.74) is 2.60. The summed E-state index contributed by atoms with van der Waals surface area (Å²) < 4.78 is 3.37. The molecule has 0 aliphatic carbocycles. The Morgan fingerprint density at radius 2 is 1.79 bits per heavy atom. The Balaban J connectivity index is 1.64. The molecule has 0 bridgehead atoms. The highest BCUT2D eigenvalue weighted by Gasteiger charge is 2.18. The van der Waals surface area contributed by atoms with Crippen LogP contribution in [0.5, 0.6) is 0 Å². The standard InChI is InChI=1S/C24H26N6O3S/c1-15(2)12-25-22(33)26-20(31)14-34-24-28-27-23-29(13-17-10-8-16(3)9-11-17)21(32)18-6-4-5-7-19(18)30(23)24/h4-11,15H,12-14H2,1-3H3,(H2,25,26,31,33). The Morgan fingerprint density at radius 1 is 1.06 bits per heavy atom. The Labute approximate surface area is 200 Å². The molecule has 2 N–H and O–H groups in total. The molecule has 0 spiro atoms. The monoisotopic (exact) mass is 478 g/mol. The number of thioether (sulfide) groups is 1. The van der Waals surface area contributed by atoms with Crippen LogP contribution >= 0.6 is 11.8 Å². The van der Waals surface area contributed by atoms with Crippen molar-refractivity contribution in [3.63, 3.8) is 0 Å². The maximum atomic E-state index is 13.3. The number of nitrogens with zero attached hydrogens (tertiary/aromatic N) is 4. The normalized spacial score (nSPS) is 11.3. The van der Waals surface area contributed by atoms with Crippen molar-refractivity contribution >= 4 is 40.4 Å². The molecular weight excluding hydrogens is 452 g/mol. The van der Waals surface area contributed by atoms with Crippen LogP contribution in [0.3, 0.4) is 0 Å². The van der Waals surface area contributed by atoms with Crippen LogP contribution in [0.1, 0.15) is 25.0 Å². The lowest BCUT2D eigenvalue weighted by molar-refractivity contribution is -0.117. The average Bonchev–Trinajstić information content (AvgIpc) is 3.24. The van der Waals surface area contributed by atoms with Crippen LogP contribution in [0.15, 0.2) is 58.5 Å². The highest BCUT2D eigenvalue weighted by molar-refractivity contribution is 7.99. The summed E-state index contributed by atoms with van der Waals surface area (Å²) in [5, 5.41) is 14.5. The van der Waals surface area contributed by atoms with Gasteiger partial charge in [-0.15, -0.1) is 10.2 Å². The van der Waals surface area contributed by atoms with Gasteiger partial charge in [0, 0.05) is 6.54 Å². The van der Waals surface area contributed by atoms with Crippen LogP contribution in [0.25, 0.3) is 16.7 Å². The van der Waals surface area contributed by atoms with Gasteiger partial charge in [0.15, 0.2) is 5.16 Å². The molecule has 0 fully saturated rings. The predicted molar refractivity (Wildman–Crippen MR) is 132 cm³/mol. The third-order valence-electron chi connectivity index (χ3n) is 5.20. The molecule has 4 aromatic rings. The number of hydrogen-bond acceptors (Lipinski definition) is 6. The fourth-order valence-corrected chi connectivity index (χ4v) is 4.22. The first-order chi connectivity index (χ1) is 16.3. The van der Waals surface area contributed by atoms with E-state index < -0.39 is 11.9 Å². The average molecular weight is 479 g/mol. The second kappa shape index (κ2) is 10.1. The number of aryl methyl sites for hydroxylation is 1. The minimum atomic E-state index is -0.525. The summed E-state index contributed by atoms with van der Waals surface area (Å²) in [7, 11) is 0. The van der Waals surface area contributed by atoms with Gasteiger partial charge in [-0.05, 0) is 30.5 Å². The van der Waals surface area contributed by atoms with E-state index >= 15 is 0 Å². The van der Waals surface area contributed by atoms with Crippen molar-refractivity contribution in [1.82, 2.24) is 29.8 Å². The Morgan fingerprint density at radius 3 is 2.53 bits per heavy atom. The Kier molecular flexibility index (Phi) is 6.97. The minimum Gasteiger partial charge on any atom is -0.338 e. The maximum Gasteiger partial charge on any atom is 0.321 e. The lowest BCUT2D eigenvalue weighted by Gasteiger charge is -2.12. The molecule has 2 aromatic carbocycles. The van der Waals surface area contributed by atoms with E-state index in [1.54, 1.807) is 15.0 Å². The van der Waals surface area contributed by atoms with Gasteiger partial charge in [-0.2, -0.15) is 0 Å². The molecule has 0 aliphatic rings. The number of nitrogens with one attached hydrogen (secondary N) is 2. The zero-order valence-corrected chi connectivity index (χ0v) is 20.1. The molecule has 10 heteroatoms. The van der Waals surface area contributed by atoms with Crippen LogP contribution < -0.4 is 16.2 Å². The third kappa shape index (κ3) is 5.12. The van der Waals surface area contributed by atoms with E-state index in [1.807, 2.05) is 63.2 Å². The smallest absolute Gasteiger partial charge is 0.321 e. The summed E-state index contributed by atoms with van der Waals surface area (Å²) in [6.07, 6.45) is 0. The van der Waals surface area contributed by atoms with E-state index in [0.717, 1.165) is 22.9 Å². The van der Waals surface area contributed by atoms with Gasteiger partial charge < -0.3 is 5.32 Å². The largest absolute Gasteiger partial charge is 0.338 e. The predicted octanol–water partition coefficient (Wildman–Crippen LogP) is 2.97. The molecule has 4 rings (SSSR count). The number of carbonyl (C=O) groups is 2. The maximum absolute atomic E-state index is 13.3. The van der Waals surface area contributed by atoms with Crippen LogP contribution in [0.2, 0.25) is 0 Å². The number of imide groups is 1. The van der Waals surface area contributed by atoms with E-state index in [4.69, 9.17) is 0 Å². The van der Waals surface area contributed by atoms with Crippen molar-refractivity contribution in [2.75, 3.05) is 12.3 Å². The second-order valence-corrected chi connectivity index (χ2v) is 9.40. The van der Waals surface area contributed by atoms with E-state index in [0.29, 0.717) is 34.9 Å². The number of rotatable bonds is 7. The molecule has 2 heterocycles. The molecule has 0 saturated heterocycles. The molecule has 0 atom stereocenters. The number of benzene rings is 2. The number of carbonyl (C=O) groups excluding carboxylic acids is 2. The fraction of sp³-hybridized carbons (Fsp3) is 0.292. The summed E-state index contributed by atoms with van der Waals surface area (Å²) in [4.78, 5) is 37.4. The van der Waals surface area contributed by atoms with Gasteiger partial charge in [0.1, 0.15) is 0 Å². The van der Waals surface area contributed by atoms with Gasteiger partial charge in [-0.25, -0.2) is 4.79 Å². The third-order valence-corrected chi connectivity index (χ3v) is 6.12. The van der Waals surface area contributed by atoms with Crippen molar-refractivity contribution < 1.29 is 9.59 Å². The molecule has 34 heavy (non-hydrogen) atoms. The van der Waals surface area contributed by atoms with Crippen molar-refractivity contribution in [3.8, 4) is 0 Å². The molecule has 176 valence electrons. The molecule has 0 radical (unpaired) electrons. The number of hydrogen-bond donors (Lipinski definition) is 2. The van der Waals surface area contributed by atoms with E-state index in [9.17, 15) is 14.4 Å². The lowest BCUT2D eigenvalue weighted by Crippen LogP contribution is -2.41. The topological polar surface area (TPSA) is 110 Å². The summed E-state index contributed by atoms with van der Waals surface area (Å²) in [5.74, 6) is 0.201. The molecule has 0 saturated carbocycles. The zero-order valence-electron chi connectivity index (χ0n) is 19.2. The number of aromatic nitrogens is 4. The van der Waals surface area contributed by atoms with Gasteiger partial charge in [-0.1, -0.05) is 67.6 Å². The van der Waals surface area contributed by atoms with E-state index in [2.05, 4.69) is 20.8 Å². The SMILES string of the molecule is Cc1ccc(Cn2c(=O)c3ccccc3n3c(SCC(=O)NC(=O)NCC(C)C)nnc23)cc1. The van der Waals surface area contributed by atoms with Crippen molar-refractivity contribution in [2.24, 2.45) is 5.92 Å². The number of para-hydroxylation sites is 1. The van der Waals surface area contributed by atoms with Gasteiger partial charge in [0.2, 0.25) is 11.7 Å². The first kappa shape index (κ1) is 23.5. The molecule has 9 nitrogen and oxygen atoms in total. The number of amides is 3. The number of urea groups is 1. The van der Waals surface area contributed by atoms with Crippen LogP contribution in [0, 0.1) is 12.8 Å². The first-order valence-corrected chi connectivity index (χ1v) is 11.9. The van der Waals surface area contributed by atoms with E-state index in [-0.39, 0.29) is 17.2 Å². The molecule has 2 aromatic heterocycles. The van der Waals surface area contributed by atoms with Crippen LogP contribution in [-0.4, -0.2) is 43.4 Å². The highest BCUT2D eigenvalue weighted by Crippen LogP contribution is 2.22. The van der Waals surface area contributed by atoms with Crippen LogP contribution in [-0.2, 0) is 11.3 Å². The fourth-order valence-electron chi connectivity index (χ4n) is 3.48. The van der Waals surface area contributed by atoms with Gasteiger partial charge >= 0.3 is 6.03 Å². The van der Waals surface area contributed by atoms with Gasteiger partial charge in [0.25, 0.3) is 5.56 Å². The molecule has 0 aliphatic heterocycles. The summed E-state index contributed by atoms with van der Waals surface area (Å²) >= 11 is 1.15. The molecular formula is C24H26N6O3S. The van der Waals surface area contributed by atoms with Crippen molar-refractivity contribution in [2.45, 2.75) is 32.5 Å². The number of fused-ring (bicyclic) bond motifs is 3. The highest BCUT2D eigenvalue weighted by atomic mass is 32.2. The Bertz CT molecular complexity index is 1410. The first-order valence-electron chi connectivity index (χ1n) is 11.0. The summed E-state index contributed by atoms with van der Waals surface area (Å²) in [6.45, 7) is 6.77. The minimum absolute atomic E-state index is 0.0265. The van der Waals surface area contributed by atoms with Gasteiger partial charge in [-0.3, -0.25) is 23.9 Å². The molecule has 0 unspecified atom stereocenters. The van der Waals surface area contributed by atoms with Crippen LogP contribution in [0.4, 0.5) is 4.79 Å². The lowest BCUT2D eigenvalue weighted by atomic mass is 10.1. The van der Waals surface area contributed by atoms with Gasteiger partial charge in [0.05, 0.1) is 23.2 Å². The zero-order chi connectivity index (χ0) is 24.2. The second-order valence-electron chi connectivity index (χ2n) is 8.45. The van der Waals surface area contributed by atoms with Crippen molar-refractivity contribution in [3.05, 3.63) is 70.0 Å². The van der Waals surface area contributed by atoms with E-state index in [1.165, 1.54) is 0 Å².